The molecular weight excluding hydrogens is 264 g/mol. The first-order chi connectivity index (χ1) is 8.80. The van der Waals surface area contributed by atoms with E-state index in [9.17, 15) is 4.79 Å². The first-order valence-corrected chi connectivity index (χ1v) is 6.37. The third kappa shape index (κ3) is 2.72. The zero-order valence-electron chi connectivity index (χ0n) is 11.1. The molecule has 19 heavy (non-hydrogen) atoms. The van der Waals surface area contributed by atoms with E-state index < -0.39 is 0 Å². The maximum atomic E-state index is 11.9. The standard InChI is InChI=1S/C13H17ClN4O/c1-13(2,3)10(15)11-16-17-12(19)18(11)9-6-4-8(14)5-7-9/h4-7,10H,15H2,1-3H3,(H,17,19)/t10-/m1/s1. The molecule has 0 unspecified atom stereocenters. The Bertz CT molecular complexity index is 621. The molecule has 3 N–H and O–H groups in total. The Morgan fingerprint density at radius 1 is 1.32 bits per heavy atom. The first kappa shape index (κ1) is 13.8. The summed E-state index contributed by atoms with van der Waals surface area (Å²) in [4.78, 5) is 11.9. The van der Waals surface area contributed by atoms with Crippen molar-refractivity contribution in [3.63, 3.8) is 0 Å². The van der Waals surface area contributed by atoms with E-state index in [1.807, 2.05) is 20.8 Å². The molecule has 6 heteroatoms. The number of aromatic amines is 1. The summed E-state index contributed by atoms with van der Waals surface area (Å²) < 4.78 is 1.48. The molecule has 1 aromatic carbocycles. The third-order valence-electron chi connectivity index (χ3n) is 2.99. The fourth-order valence-electron chi connectivity index (χ4n) is 1.74. The molecule has 2 aromatic rings. The van der Waals surface area contributed by atoms with Crippen molar-refractivity contribution in [2.24, 2.45) is 11.1 Å². The van der Waals surface area contributed by atoms with Crippen molar-refractivity contribution in [1.29, 1.82) is 0 Å². The van der Waals surface area contributed by atoms with Crippen molar-refractivity contribution in [2.75, 3.05) is 0 Å². The Balaban J connectivity index is 2.55. The zero-order chi connectivity index (χ0) is 14.2. The molecule has 0 bridgehead atoms. The highest BCUT2D eigenvalue weighted by Gasteiger charge is 2.28. The molecule has 0 saturated carbocycles. The summed E-state index contributed by atoms with van der Waals surface area (Å²) in [7, 11) is 0. The number of H-pyrrole nitrogens is 1. The van der Waals surface area contributed by atoms with Crippen molar-refractivity contribution in [1.82, 2.24) is 14.8 Å². The number of aromatic nitrogens is 3. The van der Waals surface area contributed by atoms with E-state index in [0.29, 0.717) is 16.5 Å². The number of nitrogens with two attached hydrogens (primary N) is 1. The van der Waals surface area contributed by atoms with E-state index in [-0.39, 0.29) is 17.1 Å². The van der Waals surface area contributed by atoms with Crippen molar-refractivity contribution >= 4 is 11.6 Å². The van der Waals surface area contributed by atoms with E-state index in [2.05, 4.69) is 10.2 Å². The Hall–Kier alpha value is -1.59. The van der Waals surface area contributed by atoms with Gasteiger partial charge in [-0.05, 0) is 29.7 Å². The van der Waals surface area contributed by atoms with Gasteiger partial charge in [0.05, 0.1) is 11.7 Å². The summed E-state index contributed by atoms with van der Waals surface area (Å²) in [6.07, 6.45) is 0. The van der Waals surface area contributed by atoms with Crippen molar-refractivity contribution in [3.05, 3.63) is 45.6 Å². The van der Waals surface area contributed by atoms with Gasteiger partial charge in [0, 0.05) is 5.02 Å². The van der Waals surface area contributed by atoms with E-state index >= 15 is 0 Å². The molecule has 0 aliphatic heterocycles. The topological polar surface area (TPSA) is 76.7 Å². The summed E-state index contributed by atoms with van der Waals surface area (Å²) in [5, 5.41) is 7.11. The maximum absolute atomic E-state index is 11.9. The second-order valence-corrected chi connectivity index (χ2v) is 5.98. The lowest BCUT2D eigenvalue weighted by molar-refractivity contribution is 0.312. The van der Waals surface area contributed by atoms with Gasteiger partial charge >= 0.3 is 5.69 Å². The fourth-order valence-corrected chi connectivity index (χ4v) is 1.87. The monoisotopic (exact) mass is 280 g/mol. The van der Waals surface area contributed by atoms with Gasteiger partial charge in [-0.25, -0.2) is 14.5 Å². The van der Waals surface area contributed by atoms with Gasteiger partial charge in [0.15, 0.2) is 5.82 Å². The Morgan fingerprint density at radius 2 is 1.89 bits per heavy atom. The summed E-state index contributed by atoms with van der Waals surface area (Å²) in [5.41, 5.74) is 6.37. The van der Waals surface area contributed by atoms with Gasteiger partial charge in [-0.1, -0.05) is 32.4 Å². The summed E-state index contributed by atoms with van der Waals surface area (Å²) >= 11 is 5.85. The minimum absolute atomic E-state index is 0.199. The smallest absolute Gasteiger partial charge is 0.321 e. The number of hydrogen-bond acceptors (Lipinski definition) is 3. The van der Waals surface area contributed by atoms with Crippen LogP contribution >= 0.6 is 11.6 Å². The minimum Gasteiger partial charge on any atom is -0.321 e. The molecule has 2 rings (SSSR count). The van der Waals surface area contributed by atoms with Gasteiger partial charge in [-0.15, -0.1) is 0 Å². The maximum Gasteiger partial charge on any atom is 0.347 e. The van der Waals surface area contributed by atoms with E-state index in [0.717, 1.165) is 0 Å². The molecule has 5 nitrogen and oxygen atoms in total. The molecule has 1 aromatic heterocycles. The lowest BCUT2D eigenvalue weighted by atomic mass is 9.87. The van der Waals surface area contributed by atoms with Crippen LogP contribution in [0.5, 0.6) is 0 Å². The van der Waals surface area contributed by atoms with Gasteiger partial charge in [-0.3, -0.25) is 0 Å². The van der Waals surface area contributed by atoms with Crippen LogP contribution < -0.4 is 11.4 Å². The molecule has 0 saturated heterocycles. The number of hydrogen-bond donors (Lipinski definition) is 2. The van der Waals surface area contributed by atoms with Gasteiger partial charge in [-0.2, -0.15) is 5.10 Å². The summed E-state index contributed by atoms with van der Waals surface area (Å²) in [5.74, 6) is 0.514. The van der Waals surface area contributed by atoms with Crippen LogP contribution in [-0.4, -0.2) is 14.8 Å². The average molecular weight is 281 g/mol. The molecule has 1 atom stereocenters. The lowest BCUT2D eigenvalue weighted by Gasteiger charge is -2.26. The van der Waals surface area contributed by atoms with Crippen LogP contribution in [0.1, 0.15) is 32.6 Å². The van der Waals surface area contributed by atoms with E-state index in [4.69, 9.17) is 17.3 Å². The molecule has 0 spiro atoms. The highest BCUT2D eigenvalue weighted by atomic mass is 35.5. The molecular formula is C13H17ClN4O. The molecule has 0 amide bonds. The second-order valence-electron chi connectivity index (χ2n) is 5.54. The Labute approximate surface area is 116 Å². The normalized spacial score (nSPS) is 13.5. The molecule has 102 valence electrons. The van der Waals surface area contributed by atoms with Gasteiger partial charge in [0.2, 0.25) is 0 Å². The van der Waals surface area contributed by atoms with Crippen LogP contribution in [0.3, 0.4) is 0 Å². The predicted molar refractivity (Wildman–Crippen MR) is 75.6 cm³/mol. The largest absolute Gasteiger partial charge is 0.347 e. The van der Waals surface area contributed by atoms with E-state index in [1.165, 1.54) is 4.57 Å². The van der Waals surface area contributed by atoms with Crippen molar-refractivity contribution < 1.29 is 0 Å². The van der Waals surface area contributed by atoms with Crippen LogP contribution in [-0.2, 0) is 0 Å². The third-order valence-corrected chi connectivity index (χ3v) is 3.25. The number of nitrogens with zero attached hydrogens (tertiary/aromatic N) is 2. The van der Waals surface area contributed by atoms with Crippen molar-refractivity contribution in [3.8, 4) is 5.69 Å². The number of nitrogens with one attached hydrogen (secondary N) is 1. The quantitative estimate of drug-likeness (QED) is 0.886. The number of benzene rings is 1. The molecule has 0 aliphatic carbocycles. The summed E-state index contributed by atoms with van der Waals surface area (Å²) in [6, 6.07) is 6.61. The van der Waals surface area contributed by atoms with Crippen LogP contribution in [0.2, 0.25) is 5.02 Å². The molecule has 0 aliphatic rings. The number of rotatable bonds is 2. The van der Waals surface area contributed by atoms with Gasteiger partial charge in [0.25, 0.3) is 0 Å². The van der Waals surface area contributed by atoms with Crippen LogP contribution in [0.25, 0.3) is 5.69 Å². The molecule has 0 radical (unpaired) electrons. The predicted octanol–water partition coefficient (Wildman–Crippen LogP) is 2.26. The average Bonchev–Trinajstić information content (AvgIpc) is 2.70. The Morgan fingerprint density at radius 3 is 2.42 bits per heavy atom. The first-order valence-electron chi connectivity index (χ1n) is 5.99. The zero-order valence-corrected chi connectivity index (χ0v) is 11.9. The summed E-state index contributed by atoms with van der Waals surface area (Å²) in [6.45, 7) is 6.01. The molecule has 0 fully saturated rings. The molecule has 1 heterocycles. The fraction of sp³-hybridized carbons (Fsp3) is 0.385. The SMILES string of the molecule is CC(C)(C)[C@H](N)c1n[nH]c(=O)n1-c1ccc(Cl)cc1. The van der Waals surface area contributed by atoms with Crippen molar-refractivity contribution in [2.45, 2.75) is 26.8 Å². The highest BCUT2D eigenvalue weighted by molar-refractivity contribution is 6.30. The Kier molecular flexibility index (Phi) is 3.52. The second kappa shape index (κ2) is 4.83. The van der Waals surface area contributed by atoms with Crippen LogP contribution in [0.4, 0.5) is 0 Å². The van der Waals surface area contributed by atoms with Gasteiger partial charge < -0.3 is 5.73 Å². The highest BCUT2D eigenvalue weighted by Crippen LogP contribution is 2.29. The number of halogens is 1. The lowest BCUT2D eigenvalue weighted by Crippen LogP contribution is -2.30. The van der Waals surface area contributed by atoms with E-state index in [1.54, 1.807) is 24.3 Å². The minimum atomic E-state index is -0.359. The van der Waals surface area contributed by atoms with Gasteiger partial charge in [0.1, 0.15) is 0 Å². The van der Waals surface area contributed by atoms with Crippen LogP contribution in [0.15, 0.2) is 29.1 Å². The van der Waals surface area contributed by atoms with Crippen LogP contribution in [0, 0.1) is 5.41 Å².